The van der Waals surface area contributed by atoms with Crippen LogP contribution >= 0.6 is 11.6 Å². The van der Waals surface area contributed by atoms with Crippen molar-refractivity contribution in [2.75, 3.05) is 20.3 Å². The molecule has 2 atom stereocenters. The molecular formula is C15H22ClNO2. The minimum absolute atomic E-state index is 0.295. The highest BCUT2D eigenvalue weighted by molar-refractivity contribution is 6.30. The van der Waals surface area contributed by atoms with E-state index in [1.54, 1.807) is 7.11 Å². The molecule has 1 aliphatic rings. The van der Waals surface area contributed by atoms with Gasteiger partial charge >= 0.3 is 0 Å². The number of likely N-dealkylation sites (N-methyl/N-ethyl adjacent to an activating group) is 1. The van der Waals surface area contributed by atoms with Gasteiger partial charge in [-0.1, -0.05) is 18.5 Å². The monoisotopic (exact) mass is 283 g/mol. The molecule has 0 bridgehead atoms. The smallest absolute Gasteiger partial charge is 0.122 e. The number of methoxy groups -OCH3 is 1. The Morgan fingerprint density at radius 1 is 1.53 bits per heavy atom. The molecule has 106 valence electrons. The Morgan fingerprint density at radius 3 is 3.00 bits per heavy atom. The molecule has 2 rings (SSSR count). The van der Waals surface area contributed by atoms with Crippen LogP contribution < -0.4 is 10.1 Å². The van der Waals surface area contributed by atoms with Gasteiger partial charge in [-0.2, -0.15) is 0 Å². The Labute approximate surface area is 120 Å². The lowest BCUT2D eigenvalue weighted by molar-refractivity contribution is 0.0787. The van der Waals surface area contributed by atoms with Crippen LogP contribution in [0.5, 0.6) is 5.75 Å². The molecule has 4 heteroatoms. The fraction of sp³-hybridized carbons (Fsp3) is 0.600. The zero-order valence-corrected chi connectivity index (χ0v) is 12.4. The number of hydrogen-bond acceptors (Lipinski definition) is 3. The molecule has 0 aromatic heterocycles. The van der Waals surface area contributed by atoms with Crippen molar-refractivity contribution in [3.05, 3.63) is 28.8 Å². The number of benzene rings is 1. The first-order valence-electron chi connectivity index (χ1n) is 6.92. The highest BCUT2D eigenvalue weighted by Crippen LogP contribution is 2.26. The molecule has 1 aromatic carbocycles. The molecule has 1 N–H and O–H groups in total. The van der Waals surface area contributed by atoms with Crippen molar-refractivity contribution in [2.45, 2.75) is 38.3 Å². The van der Waals surface area contributed by atoms with E-state index in [2.05, 4.69) is 12.2 Å². The van der Waals surface area contributed by atoms with Gasteiger partial charge in [-0.05, 0) is 49.6 Å². The number of halogens is 1. The number of rotatable bonds is 6. The lowest BCUT2D eigenvalue weighted by Gasteiger charge is -2.24. The van der Waals surface area contributed by atoms with Crippen LogP contribution in [-0.4, -0.2) is 32.4 Å². The normalized spacial score (nSPS) is 20.5. The number of ether oxygens (including phenoxy) is 2. The van der Waals surface area contributed by atoms with Crippen molar-refractivity contribution in [1.29, 1.82) is 0 Å². The molecule has 0 saturated carbocycles. The second kappa shape index (κ2) is 7.13. The fourth-order valence-electron chi connectivity index (χ4n) is 2.66. The zero-order chi connectivity index (χ0) is 13.7. The van der Waals surface area contributed by atoms with E-state index in [4.69, 9.17) is 21.1 Å². The first-order valence-corrected chi connectivity index (χ1v) is 7.29. The molecule has 1 aromatic rings. The van der Waals surface area contributed by atoms with Crippen molar-refractivity contribution in [3.63, 3.8) is 0 Å². The van der Waals surface area contributed by atoms with Crippen LogP contribution in [0.4, 0.5) is 0 Å². The average Bonchev–Trinajstić information content (AvgIpc) is 2.92. The Bertz CT molecular complexity index is 405. The van der Waals surface area contributed by atoms with Gasteiger partial charge < -0.3 is 14.8 Å². The lowest BCUT2D eigenvalue weighted by atomic mass is 9.98. The lowest BCUT2D eigenvalue weighted by Crippen LogP contribution is -2.41. The SMILES string of the molecule is CCNC(Cc1cc(Cl)ccc1OC)C1CCCO1. The summed E-state index contributed by atoms with van der Waals surface area (Å²) in [5.74, 6) is 0.894. The van der Waals surface area contributed by atoms with E-state index in [0.29, 0.717) is 12.1 Å². The summed E-state index contributed by atoms with van der Waals surface area (Å²) in [6.07, 6.45) is 3.45. The Morgan fingerprint density at radius 2 is 2.37 bits per heavy atom. The van der Waals surface area contributed by atoms with Gasteiger partial charge in [0.2, 0.25) is 0 Å². The van der Waals surface area contributed by atoms with Crippen LogP contribution in [0.25, 0.3) is 0 Å². The molecule has 19 heavy (non-hydrogen) atoms. The van der Waals surface area contributed by atoms with Crippen molar-refractivity contribution >= 4 is 11.6 Å². The second-order valence-electron chi connectivity index (χ2n) is 4.88. The predicted molar refractivity (Wildman–Crippen MR) is 78.1 cm³/mol. The Hall–Kier alpha value is -0.770. The van der Waals surface area contributed by atoms with Crippen LogP contribution in [0.1, 0.15) is 25.3 Å². The molecule has 1 aliphatic heterocycles. The Balaban J connectivity index is 2.13. The number of hydrogen-bond donors (Lipinski definition) is 1. The first kappa shape index (κ1) is 14.6. The van der Waals surface area contributed by atoms with Crippen LogP contribution in [-0.2, 0) is 11.2 Å². The minimum atomic E-state index is 0.295. The summed E-state index contributed by atoms with van der Waals surface area (Å²) in [5.41, 5.74) is 1.14. The molecule has 0 amide bonds. The van der Waals surface area contributed by atoms with Gasteiger partial charge in [0.15, 0.2) is 0 Å². The quantitative estimate of drug-likeness (QED) is 0.870. The Kier molecular flexibility index (Phi) is 5.49. The molecule has 1 fully saturated rings. The van der Waals surface area contributed by atoms with Crippen molar-refractivity contribution < 1.29 is 9.47 Å². The summed E-state index contributed by atoms with van der Waals surface area (Å²) in [5, 5.41) is 4.27. The highest BCUT2D eigenvalue weighted by Gasteiger charge is 2.26. The van der Waals surface area contributed by atoms with Crippen LogP contribution in [0.3, 0.4) is 0 Å². The van der Waals surface area contributed by atoms with E-state index in [9.17, 15) is 0 Å². The zero-order valence-electron chi connectivity index (χ0n) is 11.6. The third kappa shape index (κ3) is 3.85. The van der Waals surface area contributed by atoms with Gasteiger partial charge in [-0.3, -0.25) is 0 Å². The first-order chi connectivity index (χ1) is 9.24. The van der Waals surface area contributed by atoms with Crippen LogP contribution in [0.15, 0.2) is 18.2 Å². The predicted octanol–water partition coefficient (Wildman–Crippen LogP) is 3.05. The molecule has 1 heterocycles. The molecule has 2 unspecified atom stereocenters. The van der Waals surface area contributed by atoms with E-state index >= 15 is 0 Å². The second-order valence-corrected chi connectivity index (χ2v) is 5.31. The third-order valence-electron chi connectivity index (χ3n) is 3.56. The van der Waals surface area contributed by atoms with E-state index in [1.165, 1.54) is 0 Å². The van der Waals surface area contributed by atoms with Gasteiger partial charge in [-0.15, -0.1) is 0 Å². The van der Waals surface area contributed by atoms with Gasteiger partial charge in [0.25, 0.3) is 0 Å². The summed E-state index contributed by atoms with van der Waals surface area (Å²) in [6.45, 7) is 3.93. The molecule has 0 spiro atoms. The maximum absolute atomic E-state index is 6.09. The van der Waals surface area contributed by atoms with Crippen molar-refractivity contribution in [1.82, 2.24) is 5.32 Å². The molecular weight excluding hydrogens is 262 g/mol. The molecule has 1 saturated heterocycles. The summed E-state index contributed by atoms with van der Waals surface area (Å²) < 4.78 is 11.2. The van der Waals surface area contributed by atoms with E-state index < -0.39 is 0 Å². The molecule has 0 radical (unpaired) electrons. The minimum Gasteiger partial charge on any atom is -0.496 e. The van der Waals surface area contributed by atoms with Gasteiger partial charge in [0.1, 0.15) is 5.75 Å². The summed E-state index contributed by atoms with van der Waals surface area (Å²) >= 11 is 6.09. The van der Waals surface area contributed by atoms with E-state index in [-0.39, 0.29) is 0 Å². The topological polar surface area (TPSA) is 30.5 Å². The molecule has 3 nitrogen and oxygen atoms in total. The fourth-order valence-corrected chi connectivity index (χ4v) is 2.86. The summed E-state index contributed by atoms with van der Waals surface area (Å²) in [7, 11) is 1.70. The summed E-state index contributed by atoms with van der Waals surface area (Å²) in [6, 6.07) is 6.09. The summed E-state index contributed by atoms with van der Waals surface area (Å²) in [4.78, 5) is 0. The highest BCUT2D eigenvalue weighted by atomic mass is 35.5. The van der Waals surface area contributed by atoms with Crippen LogP contribution in [0.2, 0.25) is 5.02 Å². The van der Waals surface area contributed by atoms with Gasteiger partial charge in [0.05, 0.1) is 13.2 Å². The van der Waals surface area contributed by atoms with Crippen molar-refractivity contribution in [2.24, 2.45) is 0 Å². The van der Waals surface area contributed by atoms with Crippen molar-refractivity contribution in [3.8, 4) is 5.75 Å². The van der Waals surface area contributed by atoms with E-state index in [0.717, 1.165) is 48.7 Å². The van der Waals surface area contributed by atoms with Gasteiger partial charge in [0, 0.05) is 17.7 Å². The third-order valence-corrected chi connectivity index (χ3v) is 3.80. The maximum atomic E-state index is 6.09. The van der Waals surface area contributed by atoms with Gasteiger partial charge in [-0.25, -0.2) is 0 Å². The largest absolute Gasteiger partial charge is 0.496 e. The standard InChI is InChI=1S/C15H22ClNO2/c1-3-17-13(15-5-4-8-19-15)10-11-9-12(16)6-7-14(11)18-2/h6-7,9,13,15,17H,3-5,8,10H2,1-2H3. The maximum Gasteiger partial charge on any atom is 0.122 e. The average molecular weight is 284 g/mol. The van der Waals surface area contributed by atoms with E-state index in [1.807, 2.05) is 18.2 Å². The molecule has 0 aliphatic carbocycles. The van der Waals surface area contributed by atoms with Crippen LogP contribution in [0, 0.1) is 0 Å². The number of nitrogens with one attached hydrogen (secondary N) is 1.